The van der Waals surface area contributed by atoms with Crippen molar-refractivity contribution in [2.24, 2.45) is 14.1 Å². The molecule has 2 aromatic carbocycles. The molecule has 2 heterocycles. The molecule has 4 rings (SSSR count). The summed E-state index contributed by atoms with van der Waals surface area (Å²) in [6.07, 6.45) is -2.34. The molecule has 0 unspecified atom stereocenters. The minimum Gasteiger partial charge on any atom is -0.382 e. The van der Waals surface area contributed by atoms with Crippen LogP contribution in [-0.4, -0.2) is 29.3 Å². The van der Waals surface area contributed by atoms with E-state index in [-0.39, 0.29) is 0 Å². The lowest BCUT2D eigenvalue weighted by Gasteiger charge is -2.17. The zero-order valence-corrected chi connectivity index (χ0v) is 13.5. The van der Waals surface area contributed by atoms with Crippen molar-refractivity contribution in [3.63, 3.8) is 0 Å². The van der Waals surface area contributed by atoms with Crippen molar-refractivity contribution in [2.45, 2.75) is 12.2 Å². The Balaban J connectivity index is 1.78. The van der Waals surface area contributed by atoms with Crippen molar-refractivity contribution in [3.05, 3.63) is 60.2 Å². The molecule has 2 aromatic heterocycles. The lowest BCUT2D eigenvalue weighted by atomic mass is 10.2. The second-order valence-corrected chi connectivity index (χ2v) is 5.93. The van der Waals surface area contributed by atoms with Gasteiger partial charge < -0.3 is 19.3 Å². The van der Waals surface area contributed by atoms with E-state index >= 15 is 0 Å². The zero-order valence-electron chi connectivity index (χ0n) is 13.5. The Morgan fingerprint density at radius 3 is 1.46 bits per heavy atom. The largest absolute Gasteiger partial charge is 0.382 e. The average Bonchev–Trinajstić information content (AvgIpc) is 3.12. The number of aliphatic hydroxyl groups is 2. The summed E-state index contributed by atoms with van der Waals surface area (Å²) < 4.78 is 3.59. The van der Waals surface area contributed by atoms with Crippen LogP contribution in [0.25, 0.3) is 22.1 Å². The van der Waals surface area contributed by atoms with E-state index in [1.807, 2.05) is 62.6 Å². The molecule has 0 saturated heterocycles. The van der Waals surface area contributed by atoms with Crippen molar-refractivity contribution in [1.29, 1.82) is 0 Å². The average molecular weight is 322 g/mol. The number of hydrogen-bond donors (Lipinski definition) is 2. The van der Waals surface area contributed by atoms with E-state index in [1.165, 1.54) is 0 Å². The molecule has 0 radical (unpaired) electrons. The molecule has 0 spiro atoms. The summed E-state index contributed by atoms with van der Waals surface area (Å²) in [5.41, 5.74) is 3.38. The quantitative estimate of drug-likeness (QED) is 0.606. The first-order chi connectivity index (χ1) is 11.6. The second-order valence-electron chi connectivity index (χ2n) is 5.93. The summed E-state index contributed by atoms with van der Waals surface area (Å²) in [6.45, 7) is 0. The van der Waals surface area contributed by atoms with Crippen molar-refractivity contribution >= 4 is 22.1 Å². The van der Waals surface area contributed by atoms with Gasteiger partial charge in [0.15, 0.2) is 0 Å². The molecule has 0 fully saturated rings. The van der Waals surface area contributed by atoms with Crippen LogP contribution < -0.4 is 0 Å². The Bertz CT molecular complexity index is 950. The Kier molecular flexibility index (Phi) is 3.37. The second kappa shape index (κ2) is 5.43. The normalized spacial score (nSPS) is 14.3. The molecular weight excluding hydrogens is 304 g/mol. The molecule has 2 N–H and O–H groups in total. The zero-order chi connectivity index (χ0) is 16.8. The van der Waals surface area contributed by atoms with Gasteiger partial charge in [-0.05, 0) is 24.3 Å². The highest BCUT2D eigenvalue weighted by atomic mass is 16.3. The maximum Gasteiger partial charge on any atom is 0.145 e. The summed E-state index contributed by atoms with van der Waals surface area (Å²) in [5.74, 6) is 0.825. The number of nitrogens with zero attached hydrogens (tertiary/aromatic N) is 4. The van der Waals surface area contributed by atoms with Gasteiger partial charge in [-0.3, -0.25) is 0 Å². The van der Waals surface area contributed by atoms with Crippen LogP contribution in [0.5, 0.6) is 0 Å². The monoisotopic (exact) mass is 322 g/mol. The number of benzene rings is 2. The Labute approximate surface area is 138 Å². The number of imidazole rings is 2. The van der Waals surface area contributed by atoms with E-state index < -0.39 is 12.2 Å². The molecule has 2 atom stereocenters. The van der Waals surface area contributed by atoms with Gasteiger partial charge in [0, 0.05) is 14.1 Å². The summed E-state index contributed by atoms with van der Waals surface area (Å²) in [5, 5.41) is 21.4. The lowest BCUT2D eigenvalue weighted by Crippen LogP contribution is -2.17. The Hall–Kier alpha value is -2.70. The van der Waals surface area contributed by atoms with E-state index in [9.17, 15) is 10.2 Å². The molecule has 0 saturated carbocycles. The standard InChI is InChI=1S/C18H18N4O2/c1-21-13-9-5-3-7-11(13)19-17(21)15(23)16(24)18-20-12-8-4-6-10-14(12)22(18)2/h3-10,15-16,23-24H,1-2H3/t15-,16-/m0/s1. The molecule has 6 nitrogen and oxygen atoms in total. The predicted molar refractivity (Wildman–Crippen MR) is 91.3 cm³/mol. The lowest BCUT2D eigenvalue weighted by molar-refractivity contribution is 0.00394. The minimum absolute atomic E-state index is 0.413. The first-order valence-corrected chi connectivity index (χ1v) is 7.77. The number of para-hydroxylation sites is 4. The fourth-order valence-corrected chi connectivity index (χ4v) is 3.14. The van der Waals surface area contributed by atoms with Gasteiger partial charge in [0.25, 0.3) is 0 Å². The van der Waals surface area contributed by atoms with Crippen LogP contribution >= 0.6 is 0 Å². The highest BCUT2D eigenvalue weighted by molar-refractivity contribution is 5.76. The van der Waals surface area contributed by atoms with Crippen molar-refractivity contribution in [2.75, 3.05) is 0 Å². The molecule has 24 heavy (non-hydrogen) atoms. The molecule has 0 aliphatic carbocycles. The first-order valence-electron chi connectivity index (χ1n) is 7.77. The van der Waals surface area contributed by atoms with Gasteiger partial charge in [-0.15, -0.1) is 0 Å². The van der Waals surface area contributed by atoms with Crippen molar-refractivity contribution in [3.8, 4) is 0 Å². The molecule has 122 valence electrons. The first kappa shape index (κ1) is 14.9. The van der Waals surface area contributed by atoms with Crippen LogP contribution in [0.2, 0.25) is 0 Å². The van der Waals surface area contributed by atoms with Crippen molar-refractivity contribution in [1.82, 2.24) is 19.1 Å². The van der Waals surface area contributed by atoms with Gasteiger partial charge in [0.2, 0.25) is 0 Å². The highest BCUT2D eigenvalue weighted by Crippen LogP contribution is 2.30. The fourth-order valence-electron chi connectivity index (χ4n) is 3.14. The van der Waals surface area contributed by atoms with E-state index in [0.717, 1.165) is 22.1 Å². The number of hydrogen-bond acceptors (Lipinski definition) is 4. The fraction of sp³-hybridized carbons (Fsp3) is 0.222. The molecular formula is C18H18N4O2. The van der Waals surface area contributed by atoms with Crippen molar-refractivity contribution < 1.29 is 10.2 Å². The third-order valence-electron chi connectivity index (χ3n) is 4.47. The molecule has 6 heteroatoms. The summed E-state index contributed by atoms with van der Waals surface area (Å²) in [4.78, 5) is 8.92. The van der Waals surface area contributed by atoms with Crippen LogP contribution in [0.4, 0.5) is 0 Å². The van der Waals surface area contributed by atoms with Gasteiger partial charge in [-0.2, -0.15) is 0 Å². The van der Waals surface area contributed by atoms with Crippen LogP contribution in [0.3, 0.4) is 0 Å². The number of fused-ring (bicyclic) bond motifs is 2. The van der Waals surface area contributed by atoms with E-state index in [1.54, 1.807) is 9.13 Å². The summed E-state index contributed by atoms with van der Waals surface area (Å²) >= 11 is 0. The smallest absolute Gasteiger partial charge is 0.145 e. The predicted octanol–water partition coefficient (Wildman–Crippen LogP) is 2.23. The highest BCUT2D eigenvalue weighted by Gasteiger charge is 2.28. The Morgan fingerprint density at radius 2 is 1.08 bits per heavy atom. The van der Waals surface area contributed by atoms with Gasteiger partial charge in [-0.25, -0.2) is 9.97 Å². The number of aryl methyl sites for hydroxylation is 2. The number of aliphatic hydroxyl groups excluding tert-OH is 2. The van der Waals surface area contributed by atoms with Crippen LogP contribution in [-0.2, 0) is 14.1 Å². The number of aromatic nitrogens is 4. The summed E-state index contributed by atoms with van der Waals surface area (Å²) in [7, 11) is 3.66. The third-order valence-corrected chi connectivity index (χ3v) is 4.47. The Morgan fingerprint density at radius 1 is 0.708 bits per heavy atom. The molecule has 0 bridgehead atoms. The molecule has 0 amide bonds. The van der Waals surface area contributed by atoms with Gasteiger partial charge in [0.1, 0.15) is 23.9 Å². The third kappa shape index (κ3) is 2.11. The SMILES string of the molecule is Cn1c([C@@H](O)[C@H](O)c2nc3ccccc3n2C)nc2ccccc21. The molecule has 0 aliphatic heterocycles. The topological polar surface area (TPSA) is 76.1 Å². The van der Waals surface area contributed by atoms with Gasteiger partial charge >= 0.3 is 0 Å². The van der Waals surface area contributed by atoms with Crippen LogP contribution in [0.1, 0.15) is 23.9 Å². The van der Waals surface area contributed by atoms with E-state index in [0.29, 0.717) is 11.6 Å². The number of rotatable bonds is 3. The molecule has 4 aromatic rings. The van der Waals surface area contributed by atoms with E-state index in [4.69, 9.17) is 0 Å². The van der Waals surface area contributed by atoms with Crippen LogP contribution in [0, 0.1) is 0 Å². The van der Waals surface area contributed by atoms with Gasteiger partial charge in [-0.1, -0.05) is 24.3 Å². The summed E-state index contributed by atoms with van der Waals surface area (Å²) in [6, 6.07) is 15.3. The van der Waals surface area contributed by atoms with E-state index in [2.05, 4.69) is 9.97 Å². The van der Waals surface area contributed by atoms with Gasteiger partial charge in [0.05, 0.1) is 22.1 Å². The van der Waals surface area contributed by atoms with Crippen LogP contribution in [0.15, 0.2) is 48.5 Å². The maximum absolute atomic E-state index is 10.7. The maximum atomic E-state index is 10.7. The molecule has 0 aliphatic rings. The minimum atomic E-state index is -1.17.